The Morgan fingerprint density at radius 1 is 1.32 bits per heavy atom. The highest BCUT2D eigenvalue weighted by atomic mass is 32.2. The molecular formula is C20H22N4O2S2. The minimum atomic E-state index is -0.381. The van der Waals surface area contributed by atoms with Crippen molar-refractivity contribution >= 4 is 39.2 Å². The lowest BCUT2D eigenvalue weighted by Crippen LogP contribution is -2.38. The number of rotatable bonds is 5. The number of nitrogen functional groups attached to an aromatic ring is 1. The van der Waals surface area contributed by atoms with E-state index in [0.717, 1.165) is 41.5 Å². The highest BCUT2D eigenvalue weighted by Crippen LogP contribution is 2.32. The van der Waals surface area contributed by atoms with Crippen LogP contribution in [0.25, 0.3) is 21.3 Å². The number of nitrogens with one attached hydrogen (secondary N) is 1. The van der Waals surface area contributed by atoms with Crippen LogP contribution in [0.2, 0.25) is 0 Å². The van der Waals surface area contributed by atoms with Crippen molar-refractivity contribution in [1.82, 2.24) is 15.0 Å². The van der Waals surface area contributed by atoms with Gasteiger partial charge < -0.3 is 11.2 Å². The van der Waals surface area contributed by atoms with Crippen LogP contribution >= 0.6 is 23.1 Å². The summed E-state index contributed by atoms with van der Waals surface area (Å²) in [5, 5.41) is 5.51. The van der Waals surface area contributed by atoms with Gasteiger partial charge in [-0.15, -0.1) is 11.3 Å². The second-order valence-corrected chi connectivity index (χ2v) is 9.18. The first-order valence-corrected chi connectivity index (χ1v) is 11.1. The molecule has 1 saturated carbocycles. The van der Waals surface area contributed by atoms with Gasteiger partial charge in [-0.25, -0.2) is 9.66 Å². The third-order valence-corrected chi connectivity index (χ3v) is 6.98. The van der Waals surface area contributed by atoms with E-state index < -0.39 is 0 Å². The second kappa shape index (κ2) is 7.97. The van der Waals surface area contributed by atoms with Crippen LogP contribution in [0.5, 0.6) is 0 Å². The zero-order valence-corrected chi connectivity index (χ0v) is 17.2. The number of carbonyl (C=O) groups excluding carboxylic acids is 1. The van der Waals surface area contributed by atoms with E-state index in [4.69, 9.17) is 5.84 Å². The average Bonchev–Trinajstić information content (AvgIpc) is 3.36. The van der Waals surface area contributed by atoms with Crippen molar-refractivity contribution in [2.75, 3.05) is 5.84 Å². The molecular weight excluding hydrogens is 392 g/mol. The minimum Gasteiger partial charge on any atom is -0.352 e. The van der Waals surface area contributed by atoms with E-state index >= 15 is 0 Å². The summed E-state index contributed by atoms with van der Waals surface area (Å²) in [6, 6.07) is 9.98. The number of carbonyl (C=O) groups is 1. The number of thiophene rings is 1. The molecule has 1 aliphatic carbocycles. The highest BCUT2D eigenvalue weighted by molar-refractivity contribution is 8.00. The Bertz CT molecular complexity index is 1060. The first-order chi connectivity index (χ1) is 13.5. The molecule has 1 atom stereocenters. The van der Waals surface area contributed by atoms with E-state index in [-0.39, 0.29) is 22.8 Å². The van der Waals surface area contributed by atoms with Gasteiger partial charge in [0.2, 0.25) is 5.91 Å². The van der Waals surface area contributed by atoms with Gasteiger partial charge >= 0.3 is 0 Å². The molecule has 28 heavy (non-hydrogen) atoms. The van der Waals surface area contributed by atoms with E-state index in [1.165, 1.54) is 23.1 Å². The molecule has 1 aromatic carbocycles. The van der Waals surface area contributed by atoms with E-state index in [1.807, 2.05) is 42.6 Å². The summed E-state index contributed by atoms with van der Waals surface area (Å²) in [6.07, 6.45) is 4.39. The van der Waals surface area contributed by atoms with Gasteiger partial charge in [0.15, 0.2) is 5.16 Å². The fourth-order valence-electron chi connectivity index (χ4n) is 3.50. The highest BCUT2D eigenvalue weighted by Gasteiger charge is 2.24. The first kappa shape index (κ1) is 19.0. The monoisotopic (exact) mass is 414 g/mol. The fraction of sp³-hybridized carbons (Fsp3) is 0.350. The number of nitrogens with zero attached hydrogens (tertiary/aromatic N) is 2. The zero-order chi connectivity index (χ0) is 19.7. The molecule has 1 aliphatic rings. The topological polar surface area (TPSA) is 90.0 Å². The van der Waals surface area contributed by atoms with E-state index in [1.54, 1.807) is 0 Å². The van der Waals surface area contributed by atoms with Crippen LogP contribution in [-0.4, -0.2) is 26.9 Å². The zero-order valence-electron chi connectivity index (χ0n) is 15.6. The van der Waals surface area contributed by atoms with Crippen molar-refractivity contribution in [3.63, 3.8) is 0 Å². The Kier molecular flexibility index (Phi) is 5.41. The Morgan fingerprint density at radius 3 is 2.75 bits per heavy atom. The van der Waals surface area contributed by atoms with Gasteiger partial charge in [0, 0.05) is 17.0 Å². The van der Waals surface area contributed by atoms with Crippen molar-refractivity contribution in [2.24, 2.45) is 0 Å². The normalized spacial score (nSPS) is 15.8. The van der Waals surface area contributed by atoms with Crippen LogP contribution in [0.4, 0.5) is 0 Å². The molecule has 2 heterocycles. The maximum absolute atomic E-state index is 12.9. The van der Waals surface area contributed by atoms with Gasteiger partial charge in [0.05, 0.1) is 10.6 Å². The third-order valence-electron chi connectivity index (χ3n) is 5.05. The quantitative estimate of drug-likeness (QED) is 0.379. The Hall–Kier alpha value is -2.32. The summed E-state index contributed by atoms with van der Waals surface area (Å²) in [5.74, 6) is 6.02. The molecule has 146 valence electrons. The van der Waals surface area contributed by atoms with E-state index in [9.17, 15) is 9.59 Å². The van der Waals surface area contributed by atoms with Gasteiger partial charge in [-0.1, -0.05) is 54.9 Å². The summed E-state index contributed by atoms with van der Waals surface area (Å²) in [7, 11) is 0. The number of amides is 1. The van der Waals surface area contributed by atoms with Crippen LogP contribution in [0.15, 0.2) is 45.7 Å². The van der Waals surface area contributed by atoms with Gasteiger partial charge in [0.1, 0.15) is 4.83 Å². The molecule has 0 aliphatic heterocycles. The average molecular weight is 415 g/mol. The van der Waals surface area contributed by atoms with Crippen LogP contribution < -0.4 is 16.7 Å². The number of hydrogen-bond acceptors (Lipinski definition) is 6. The lowest BCUT2D eigenvalue weighted by molar-refractivity contribution is -0.120. The number of hydrogen-bond donors (Lipinski definition) is 2. The standard InChI is InChI=1S/C20H22N4O2S2/c1-12(17(25)22-14-9-5-6-10-14)28-20-23-18-16(19(26)24(20)21)15(11-27-18)13-7-3-2-4-8-13/h2-4,7-8,11-12,14H,5-6,9-10,21H2,1H3,(H,22,25)/t12-/m0/s1. The molecule has 8 heteroatoms. The van der Waals surface area contributed by atoms with Crippen LogP contribution in [-0.2, 0) is 4.79 Å². The molecule has 4 rings (SSSR count). The molecule has 6 nitrogen and oxygen atoms in total. The van der Waals surface area contributed by atoms with Crippen molar-refractivity contribution in [2.45, 2.75) is 49.1 Å². The molecule has 1 amide bonds. The summed E-state index contributed by atoms with van der Waals surface area (Å²) < 4.78 is 1.06. The molecule has 0 radical (unpaired) electrons. The van der Waals surface area contributed by atoms with Crippen LogP contribution in [0, 0.1) is 0 Å². The number of benzene rings is 1. The minimum absolute atomic E-state index is 0.0394. The number of thioether (sulfide) groups is 1. The predicted molar refractivity (Wildman–Crippen MR) is 115 cm³/mol. The lowest BCUT2D eigenvalue weighted by atomic mass is 10.1. The SMILES string of the molecule is C[C@H](Sc1nc2scc(-c3ccccc3)c2c(=O)n1N)C(=O)NC1CCCC1. The van der Waals surface area contributed by atoms with Crippen molar-refractivity contribution < 1.29 is 4.79 Å². The Labute approximate surface area is 171 Å². The largest absolute Gasteiger partial charge is 0.352 e. The number of fused-ring (bicyclic) bond motifs is 1. The fourth-order valence-corrected chi connectivity index (χ4v) is 5.33. The Balaban J connectivity index is 1.61. The van der Waals surface area contributed by atoms with Gasteiger partial charge in [-0.05, 0) is 25.3 Å². The second-order valence-electron chi connectivity index (χ2n) is 7.02. The molecule has 0 bridgehead atoms. The molecule has 0 unspecified atom stereocenters. The van der Waals surface area contributed by atoms with Gasteiger partial charge in [-0.3, -0.25) is 9.59 Å². The van der Waals surface area contributed by atoms with Crippen molar-refractivity contribution in [3.05, 3.63) is 46.1 Å². The van der Waals surface area contributed by atoms with Crippen molar-refractivity contribution in [1.29, 1.82) is 0 Å². The van der Waals surface area contributed by atoms with Crippen LogP contribution in [0.3, 0.4) is 0 Å². The maximum Gasteiger partial charge on any atom is 0.282 e. The molecule has 3 aromatic rings. The van der Waals surface area contributed by atoms with E-state index in [0.29, 0.717) is 15.4 Å². The number of aromatic nitrogens is 2. The molecule has 3 N–H and O–H groups in total. The molecule has 2 aromatic heterocycles. The summed E-state index contributed by atoms with van der Waals surface area (Å²) >= 11 is 2.63. The Morgan fingerprint density at radius 2 is 2.04 bits per heavy atom. The first-order valence-electron chi connectivity index (χ1n) is 9.36. The maximum atomic E-state index is 12.9. The van der Waals surface area contributed by atoms with Gasteiger partial charge in [0.25, 0.3) is 5.56 Å². The predicted octanol–water partition coefficient (Wildman–Crippen LogP) is 3.38. The molecule has 1 fully saturated rings. The van der Waals surface area contributed by atoms with E-state index in [2.05, 4.69) is 10.3 Å². The lowest BCUT2D eigenvalue weighted by Gasteiger charge is -2.16. The molecule has 0 spiro atoms. The van der Waals surface area contributed by atoms with Gasteiger partial charge in [-0.2, -0.15) is 0 Å². The molecule has 0 saturated heterocycles. The summed E-state index contributed by atoms with van der Waals surface area (Å²) in [4.78, 5) is 30.6. The summed E-state index contributed by atoms with van der Waals surface area (Å²) in [6.45, 7) is 1.81. The van der Waals surface area contributed by atoms with Crippen molar-refractivity contribution in [3.8, 4) is 11.1 Å². The smallest absolute Gasteiger partial charge is 0.282 e. The third kappa shape index (κ3) is 3.66. The number of nitrogens with two attached hydrogens (primary N) is 1. The summed E-state index contributed by atoms with van der Waals surface area (Å²) in [5.41, 5.74) is 1.49. The van der Waals surface area contributed by atoms with Crippen LogP contribution in [0.1, 0.15) is 32.6 Å².